The quantitative estimate of drug-likeness (QED) is 0.908. The summed E-state index contributed by atoms with van der Waals surface area (Å²) in [7, 11) is 1.51. The number of amides is 1. The van der Waals surface area contributed by atoms with Crippen LogP contribution in [-0.4, -0.2) is 13.0 Å². The second-order valence-electron chi connectivity index (χ2n) is 4.16. The molecule has 112 valence electrons. The Morgan fingerprint density at radius 1 is 1.10 bits per heavy atom. The van der Waals surface area contributed by atoms with Gasteiger partial charge >= 0.3 is 0 Å². The van der Waals surface area contributed by atoms with E-state index in [0.29, 0.717) is 17.0 Å². The SMILES string of the molecule is CC.COc1ccc(C)cc1C(=O)Nc1ccc(F)cc1. The summed E-state index contributed by atoms with van der Waals surface area (Å²) in [5.41, 5.74) is 1.95. The van der Waals surface area contributed by atoms with E-state index in [-0.39, 0.29) is 11.7 Å². The monoisotopic (exact) mass is 289 g/mol. The molecule has 0 unspecified atom stereocenters. The maximum Gasteiger partial charge on any atom is 0.259 e. The number of anilines is 1. The highest BCUT2D eigenvalue weighted by atomic mass is 19.1. The molecule has 2 aromatic rings. The number of nitrogens with one attached hydrogen (secondary N) is 1. The van der Waals surface area contributed by atoms with Gasteiger partial charge in [-0.1, -0.05) is 25.5 Å². The molecule has 1 amide bonds. The van der Waals surface area contributed by atoms with E-state index in [0.717, 1.165) is 5.56 Å². The molecule has 2 aromatic carbocycles. The van der Waals surface area contributed by atoms with Crippen LogP contribution in [0.4, 0.5) is 10.1 Å². The first-order valence-electron chi connectivity index (χ1n) is 6.81. The first kappa shape index (κ1) is 16.7. The van der Waals surface area contributed by atoms with Crippen LogP contribution in [0.5, 0.6) is 5.75 Å². The number of methoxy groups -OCH3 is 1. The van der Waals surface area contributed by atoms with Crippen molar-refractivity contribution in [1.82, 2.24) is 0 Å². The van der Waals surface area contributed by atoms with E-state index in [1.165, 1.54) is 31.4 Å². The molecule has 4 heteroatoms. The van der Waals surface area contributed by atoms with Crippen LogP contribution >= 0.6 is 0 Å². The molecule has 0 heterocycles. The van der Waals surface area contributed by atoms with Crippen molar-refractivity contribution < 1.29 is 13.9 Å². The Hall–Kier alpha value is -2.36. The summed E-state index contributed by atoms with van der Waals surface area (Å²) in [6, 6.07) is 11.0. The number of rotatable bonds is 3. The van der Waals surface area contributed by atoms with Crippen LogP contribution in [-0.2, 0) is 0 Å². The third-order valence-electron chi connectivity index (χ3n) is 2.70. The van der Waals surface area contributed by atoms with Gasteiger partial charge in [-0.05, 0) is 43.3 Å². The van der Waals surface area contributed by atoms with E-state index in [4.69, 9.17) is 4.74 Å². The number of carbonyl (C=O) groups excluding carboxylic acids is 1. The molecule has 0 saturated heterocycles. The molecule has 3 nitrogen and oxygen atoms in total. The van der Waals surface area contributed by atoms with Crippen LogP contribution in [0.15, 0.2) is 42.5 Å². The summed E-state index contributed by atoms with van der Waals surface area (Å²) in [5.74, 6) is -0.122. The van der Waals surface area contributed by atoms with Crippen LogP contribution < -0.4 is 10.1 Å². The summed E-state index contributed by atoms with van der Waals surface area (Å²) >= 11 is 0. The van der Waals surface area contributed by atoms with Crippen LogP contribution in [0, 0.1) is 12.7 Å². The average molecular weight is 289 g/mol. The van der Waals surface area contributed by atoms with Crippen molar-refractivity contribution in [3.05, 3.63) is 59.4 Å². The highest BCUT2D eigenvalue weighted by Crippen LogP contribution is 2.21. The number of carbonyl (C=O) groups is 1. The summed E-state index contributed by atoms with van der Waals surface area (Å²) in [6.07, 6.45) is 0. The maximum atomic E-state index is 12.8. The topological polar surface area (TPSA) is 38.3 Å². The van der Waals surface area contributed by atoms with Gasteiger partial charge in [0.15, 0.2) is 0 Å². The Balaban J connectivity index is 0.00000106. The molecule has 0 fully saturated rings. The standard InChI is InChI=1S/C15H14FNO2.C2H6/c1-10-3-8-14(19-2)13(9-10)15(18)17-12-6-4-11(16)5-7-12;1-2/h3-9H,1-2H3,(H,17,18);1-2H3. The average Bonchev–Trinajstić information content (AvgIpc) is 2.51. The lowest BCUT2D eigenvalue weighted by atomic mass is 10.1. The van der Waals surface area contributed by atoms with Gasteiger partial charge in [-0.25, -0.2) is 4.39 Å². The lowest BCUT2D eigenvalue weighted by molar-refractivity contribution is 0.102. The van der Waals surface area contributed by atoms with Crippen LogP contribution in [0.2, 0.25) is 0 Å². The number of halogens is 1. The van der Waals surface area contributed by atoms with Gasteiger partial charge in [0.05, 0.1) is 12.7 Å². The minimum absolute atomic E-state index is 0.285. The Bertz CT molecular complexity index is 594. The fraction of sp³-hybridized carbons (Fsp3) is 0.235. The zero-order chi connectivity index (χ0) is 15.8. The van der Waals surface area contributed by atoms with Gasteiger partial charge in [-0.3, -0.25) is 4.79 Å². The number of aryl methyl sites for hydroxylation is 1. The number of hydrogen-bond donors (Lipinski definition) is 1. The number of benzene rings is 2. The number of hydrogen-bond acceptors (Lipinski definition) is 2. The fourth-order valence-electron chi connectivity index (χ4n) is 1.73. The molecule has 0 saturated carbocycles. The molecule has 0 aliphatic heterocycles. The first-order valence-corrected chi connectivity index (χ1v) is 6.81. The largest absolute Gasteiger partial charge is 0.496 e. The lowest BCUT2D eigenvalue weighted by Crippen LogP contribution is -2.13. The van der Waals surface area contributed by atoms with Gasteiger partial charge in [0.2, 0.25) is 0 Å². The van der Waals surface area contributed by atoms with E-state index in [1.807, 2.05) is 26.8 Å². The molecule has 0 aromatic heterocycles. The van der Waals surface area contributed by atoms with E-state index < -0.39 is 0 Å². The lowest BCUT2D eigenvalue weighted by Gasteiger charge is -2.10. The molecular weight excluding hydrogens is 269 g/mol. The minimum atomic E-state index is -0.342. The first-order chi connectivity index (χ1) is 10.1. The Morgan fingerprint density at radius 2 is 1.71 bits per heavy atom. The van der Waals surface area contributed by atoms with Gasteiger partial charge in [0.25, 0.3) is 5.91 Å². The van der Waals surface area contributed by atoms with Gasteiger partial charge < -0.3 is 10.1 Å². The van der Waals surface area contributed by atoms with Crippen molar-refractivity contribution >= 4 is 11.6 Å². The molecule has 0 aliphatic rings. The third kappa shape index (κ3) is 4.60. The summed E-state index contributed by atoms with van der Waals surface area (Å²) < 4.78 is 17.9. The Morgan fingerprint density at radius 3 is 2.29 bits per heavy atom. The second-order valence-corrected chi connectivity index (χ2v) is 4.16. The van der Waals surface area contributed by atoms with Gasteiger partial charge in [0.1, 0.15) is 11.6 Å². The smallest absolute Gasteiger partial charge is 0.259 e. The van der Waals surface area contributed by atoms with E-state index in [1.54, 1.807) is 12.1 Å². The van der Waals surface area contributed by atoms with Crippen molar-refractivity contribution in [3.8, 4) is 5.75 Å². The predicted molar refractivity (Wildman–Crippen MR) is 83.4 cm³/mol. The Kier molecular flexibility index (Phi) is 6.40. The van der Waals surface area contributed by atoms with Crippen LogP contribution in [0.1, 0.15) is 29.8 Å². The number of ether oxygens (including phenoxy) is 1. The van der Waals surface area contributed by atoms with Crippen LogP contribution in [0.3, 0.4) is 0 Å². The van der Waals surface area contributed by atoms with E-state index in [9.17, 15) is 9.18 Å². The molecule has 1 N–H and O–H groups in total. The molecule has 0 spiro atoms. The van der Waals surface area contributed by atoms with Crippen molar-refractivity contribution in [2.75, 3.05) is 12.4 Å². The van der Waals surface area contributed by atoms with Crippen molar-refractivity contribution in [2.45, 2.75) is 20.8 Å². The molecular formula is C17H20FNO2. The molecule has 0 bridgehead atoms. The summed E-state index contributed by atoms with van der Waals surface area (Å²) in [4.78, 5) is 12.1. The third-order valence-corrected chi connectivity index (χ3v) is 2.70. The Labute approximate surface area is 124 Å². The molecule has 0 aliphatic carbocycles. The molecule has 0 radical (unpaired) electrons. The predicted octanol–water partition coefficient (Wildman–Crippen LogP) is 4.42. The zero-order valence-corrected chi connectivity index (χ0v) is 12.7. The van der Waals surface area contributed by atoms with Crippen LogP contribution in [0.25, 0.3) is 0 Å². The van der Waals surface area contributed by atoms with Crippen molar-refractivity contribution in [1.29, 1.82) is 0 Å². The second kappa shape index (κ2) is 8.04. The minimum Gasteiger partial charge on any atom is -0.496 e. The van der Waals surface area contributed by atoms with Gasteiger partial charge in [0, 0.05) is 5.69 Å². The van der Waals surface area contributed by atoms with Crippen molar-refractivity contribution in [3.63, 3.8) is 0 Å². The van der Waals surface area contributed by atoms with Gasteiger partial charge in [-0.15, -0.1) is 0 Å². The highest BCUT2D eigenvalue weighted by molar-refractivity contribution is 6.06. The molecule has 21 heavy (non-hydrogen) atoms. The van der Waals surface area contributed by atoms with E-state index >= 15 is 0 Å². The molecule has 2 rings (SSSR count). The zero-order valence-electron chi connectivity index (χ0n) is 12.7. The summed E-state index contributed by atoms with van der Waals surface area (Å²) in [6.45, 7) is 5.90. The summed E-state index contributed by atoms with van der Waals surface area (Å²) in [5, 5.41) is 2.70. The van der Waals surface area contributed by atoms with Gasteiger partial charge in [-0.2, -0.15) is 0 Å². The normalized spacial score (nSPS) is 9.38. The molecule has 0 atom stereocenters. The van der Waals surface area contributed by atoms with Crippen molar-refractivity contribution in [2.24, 2.45) is 0 Å². The highest BCUT2D eigenvalue weighted by Gasteiger charge is 2.12. The van der Waals surface area contributed by atoms with E-state index in [2.05, 4.69) is 5.32 Å². The maximum absolute atomic E-state index is 12.8. The fourth-order valence-corrected chi connectivity index (χ4v) is 1.73.